The van der Waals surface area contributed by atoms with E-state index in [2.05, 4.69) is 66.5 Å². The number of allylic oxidation sites excluding steroid dienone is 4. The minimum Gasteiger partial charge on any atom is -0.455 e. The molecule has 0 amide bonds. The molecular formula is C22H23N3O. The van der Waals surface area contributed by atoms with Crippen molar-refractivity contribution in [1.82, 2.24) is 4.98 Å². The Kier molecular flexibility index (Phi) is 4.03. The van der Waals surface area contributed by atoms with Crippen molar-refractivity contribution in [3.63, 3.8) is 0 Å². The maximum Gasteiger partial charge on any atom is 0.158 e. The Hall–Kier alpha value is -3.01. The Bertz CT molecular complexity index is 929. The topological polar surface area (TPSA) is 28.6 Å². The third-order valence-electron chi connectivity index (χ3n) is 5.06. The van der Waals surface area contributed by atoms with Crippen molar-refractivity contribution in [1.29, 1.82) is 0 Å². The standard InChI is InChI=1S/C22H23N3O/c1-15-12-13-18-10-7-5-6-9-16(2)26-21(18)20(15)25-17(3)24(4)19-11-8-14-23-22(19)25/h5-9,11-14,17H,2,10H2,1,3-4H3/b7-5-,9-6-/t17-/m0/s1. The number of anilines is 3. The second-order valence-electron chi connectivity index (χ2n) is 6.74. The largest absolute Gasteiger partial charge is 0.455 e. The summed E-state index contributed by atoms with van der Waals surface area (Å²) in [6.07, 6.45) is 10.8. The molecule has 0 saturated carbocycles. The molecule has 0 saturated heterocycles. The van der Waals surface area contributed by atoms with Gasteiger partial charge in [-0.2, -0.15) is 0 Å². The second kappa shape index (κ2) is 6.37. The number of pyridine rings is 1. The molecule has 0 bridgehead atoms. The second-order valence-corrected chi connectivity index (χ2v) is 6.74. The first-order valence-electron chi connectivity index (χ1n) is 8.87. The van der Waals surface area contributed by atoms with E-state index in [9.17, 15) is 0 Å². The van der Waals surface area contributed by atoms with Gasteiger partial charge < -0.3 is 14.5 Å². The van der Waals surface area contributed by atoms with E-state index >= 15 is 0 Å². The van der Waals surface area contributed by atoms with Crippen LogP contribution in [0, 0.1) is 6.92 Å². The normalized spacial score (nSPS) is 21.2. The van der Waals surface area contributed by atoms with Crippen LogP contribution in [0.4, 0.5) is 17.2 Å². The first kappa shape index (κ1) is 16.5. The number of aromatic nitrogens is 1. The molecule has 0 aliphatic carbocycles. The molecule has 132 valence electrons. The van der Waals surface area contributed by atoms with Crippen molar-refractivity contribution < 1.29 is 4.74 Å². The molecule has 2 aliphatic rings. The van der Waals surface area contributed by atoms with Crippen molar-refractivity contribution >= 4 is 17.2 Å². The van der Waals surface area contributed by atoms with Gasteiger partial charge in [0.1, 0.15) is 11.9 Å². The van der Waals surface area contributed by atoms with E-state index in [0.717, 1.165) is 40.5 Å². The van der Waals surface area contributed by atoms with Gasteiger partial charge in [0.2, 0.25) is 0 Å². The van der Waals surface area contributed by atoms with Crippen LogP contribution in [0.3, 0.4) is 0 Å². The van der Waals surface area contributed by atoms with Crippen LogP contribution in [0.2, 0.25) is 0 Å². The SMILES string of the molecule is C=C1/C=C\C=C/Cc2ccc(C)c(N3c4ncccc4N(C)[C@@H]3C)c2O1. The first-order valence-corrected chi connectivity index (χ1v) is 8.87. The maximum atomic E-state index is 6.23. The van der Waals surface area contributed by atoms with Crippen LogP contribution in [0.25, 0.3) is 0 Å². The maximum absolute atomic E-state index is 6.23. The number of benzene rings is 1. The monoisotopic (exact) mass is 345 g/mol. The molecule has 3 heterocycles. The van der Waals surface area contributed by atoms with Crippen LogP contribution in [-0.4, -0.2) is 18.2 Å². The third kappa shape index (κ3) is 2.58. The van der Waals surface area contributed by atoms with Gasteiger partial charge in [0.15, 0.2) is 11.6 Å². The molecule has 0 radical (unpaired) electrons. The summed E-state index contributed by atoms with van der Waals surface area (Å²) >= 11 is 0. The van der Waals surface area contributed by atoms with Gasteiger partial charge in [-0.3, -0.25) is 0 Å². The zero-order chi connectivity index (χ0) is 18.3. The van der Waals surface area contributed by atoms with E-state index < -0.39 is 0 Å². The van der Waals surface area contributed by atoms with Crippen molar-refractivity contribution in [3.05, 3.63) is 78.2 Å². The van der Waals surface area contributed by atoms with Gasteiger partial charge in [-0.05, 0) is 44.0 Å². The Labute approximate surface area is 154 Å². The Morgan fingerprint density at radius 1 is 1.23 bits per heavy atom. The zero-order valence-electron chi connectivity index (χ0n) is 15.4. The van der Waals surface area contributed by atoms with Gasteiger partial charge in [-0.15, -0.1) is 0 Å². The molecule has 1 aromatic carbocycles. The molecule has 26 heavy (non-hydrogen) atoms. The highest BCUT2D eigenvalue weighted by molar-refractivity contribution is 5.84. The number of nitrogens with zero attached hydrogens (tertiary/aromatic N) is 3. The zero-order valence-corrected chi connectivity index (χ0v) is 15.4. The third-order valence-corrected chi connectivity index (χ3v) is 5.06. The molecule has 4 nitrogen and oxygen atoms in total. The average molecular weight is 345 g/mol. The number of hydrogen-bond donors (Lipinski definition) is 0. The molecule has 0 fully saturated rings. The van der Waals surface area contributed by atoms with E-state index in [0.29, 0.717) is 5.76 Å². The molecule has 0 unspecified atom stereocenters. The molecule has 4 heteroatoms. The number of fused-ring (bicyclic) bond motifs is 2. The van der Waals surface area contributed by atoms with Crippen molar-refractivity contribution in [2.75, 3.05) is 16.8 Å². The van der Waals surface area contributed by atoms with Crippen molar-refractivity contribution in [2.45, 2.75) is 26.4 Å². The molecule has 1 aromatic heterocycles. The summed E-state index contributed by atoms with van der Waals surface area (Å²) in [5.74, 6) is 2.45. The first-order chi connectivity index (χ1) is 12.6. The summed E-state index contributed by atoms with van der Waals surface area (Å²) < 4.78 is 6.23. The van der Waals surface area contributed by atoms with Crippen LogP contribution >= 0.6 is 0 Å². The summed E-state index contributed by atoms with van der Waals surface area (Å²) in [6.45, 7) is 8.35. The fraction of sp³-hybridized carbons (Fsp3) is 0.227. The van der Waals surface area contributed by atoms with Crippen LogP contribution in [0.15, 0.2) is 67.1 Å². The van der Waals surface area contributed by atoms with E-state index in [4.69, 9.17) is 4.74 Å². The average Bonchev–Trinajstić information content (AvgIpc) is 2.93. The summed E-state index contributed by atoms with van der Waals surface area (Å²) in [6, 6.07) is 8.39. The number of aryl methyl sites for hydroxylation is 1. The quantitative estimate of drug-likeness (QED) is 0.736. The highest BCUT2D eigenvalue weighted by Crippen LogP contribution is 2.47. The fourth-order valence-corrected chi connectivity index (χ4v) is 3.58. The van der Waals surface area contributed by atoms with Crippen molar-refractivity contribution in [3.8, 4) is 5.75 Å². The Balaban J connectivity index is 1.93. The van der Waals surface area contributed by atoms with Crippen LogP contribution in [0.5, 0.6) is 5.75 Å². The van der Waals surface area contributed by atoms with E-state index in [1.807, 2.05) is 30.5 Å². The van der Waals surface area contributed by atoms with Crippen molar-refractivity contribution in [2.24, 2.45) is 0 Å². The van der Waals surface area contributed by atoms with E-state index in [1.54, 1.807) is 0 Å². The lowest BCUT2D eigenvalue weighted by Crippen LogP contribution is -2.36. The molecule has 4 rings (SSSR count). The Morgan fingerprint density at radius 3 is 2.92 bits per heavy atom. The van der Waals surface area contributed by atoms with Gasteiger partial charge in [0, 0.05) is 18.8 Å². The molecule has 2 aromatic rings. The van der Waals surface area contributed by atoms with Crippen LogP contribution in [0.1, 0.15) is 18.1 Å². The minimum atomic E-state index is 0.140. The molecule has 2 aliphatic heterocycles. The number of hydrogen-bond acceptors (Lipinski definition) is 4. The molecule has 0 N–H and O–H groups in total. The summed E-state index contributed by atoms with van der Waals surface area (Å²) in [4.78, 5) is 9.17. The van der Waals surface area contributed by atoms with Gasteiger partial charge in [0.05, 0.1) is 11.4 Å². The highest BCUT2D eigenvalue weighted by Gasteiger charge is 2.35. The van der Waals surface area contributed by atoms with Crippen LogP contribution in [-0.2, 0) is 6.42 Å². The predicted molar refractivity (Wildman–Crippen MR) is 107 cm³/mol. The van der Waals surface area contributed by atoms with Crippen LogP contribution < -0.4 is 14.5 Å². The lowest BCUT2D eigenvalue weighted by molar-refractivity contribution is 0.442. The summed E-state index contributed by atoms with van der Waals surface area (Å²) in [5, 5.41) is 0. The summed E-state index contributed by atoms with van der Waals surface area (Å²) in [5.41, 5.74) is 4.48. The number of rotatable bonds is 1. The predicted octanol–water partition coefficient (Wildman–Crippen LogP) is 4.88. The fourth-order valence-electron chi connectivity index (χ4n) is 3.58. The van der Waals surface area contributed by atoms with Gasteiger partial charge in [-0.25, -0.2) is 4.98 Å². The smallest absolute Gasteiger partial charge is 0.158 e. The molecular weight excluding hydrogens is 322 g/mol. The van der Waals surface area contributed by atoms with Gasteiger partial charge in [0.25, 0.3) is 0 Å². The lowest BCUT2D eigenvalue weighted by Gasteiger charge is -2.30. The van der Waals surface area contributed by atoms with Gasteiger partial charge >= 0.3 is 0 Å². The Morgan fingerprint density at radius 2 is 2.08 bits per heavy atom. The summed E-state index contributed by atoms with van der Waals surface area (Å²) in [7, 11) is 2.10. The van der Waals surface area contributed by atoms with E-state index in [1.165, 1.54) is 0 Å². The minimum absolute atomic E-state index is 0.140. The molecule has 1 atom stereocenters. The molecule has 0 spiro atoms. The lowest BCUT2D eigenvalue weighted by atomic mass is 10.0. The van der Waals surface area contributed by atoms with E-state index in [-0.39, 0.29) is 6.17 Å². The number of ether oxygens (including phenoxy) is 1. The van der Waals surface area contributed by atoms with Gasteiger partial charge in [-0.1, -0.05) is 36.9 Å². The highest BCUT2D eigenvalue weighted by atomic mass is 16.5.